The molecule has 0 fully saturated rings. The van der Waals surface area contributed by atoms with E-state index >= 15 is 0 Å². The Bertz CT molecular complexity index is 577. The standard InChI is InChI=1S/C12H16F3NO2S/c1-8-7-9(13)5-6-10(8)19(17,18)16-11(2,3)12(4,14)15/h5-7,16H,1-4H3. The fraction of sp³-hybridized carbons (Fsp3) is 0.500. The van der Waals surface area contributed by atoms with Gasteiger partial charge in [-0.25, -0.2) is 21.6 Å². The molecule has 0 aliphatic carbocycles. The Balaban J connectivity index is 3.20. The summed E-state index contributed by atoms with van der Waals surface area (Å²) >= 11 is 0. The second-order valence-corrected chi connectivity index (χ2v) is 6.68. The number of sulfonamides is 1. The number of halogens is 3. The van der Waals surface area contributed by atoms with Crippen molar-refractivity contribution in [1.29, 1.82) is 0 Å². The minimum atomic E-state index is -4.15. The molecule has 1 aromatic rings. The molecule has 0 unspecified atom stereocenters. The lowest BCUT2D eigenvalue weighted by atomic mass is 10.00. The first kappa shape index (κ1) is 16.0. The Morgan fingerprint density at radius 2 is 1.68 bits per heavy atom. The first-order valence-corrected chi connectivity index (χ1v) is 7.03. The van der Waals surface area contributed by atoms with Crippen molar-refractivity contribution in [1.82, 2.24) is 4.72 Å². The van der Waals surface area contributed by atoms with E-state index in [0.29, 0.717) is 6.92 Å². The average molecular weight is 295 g/mol. The van der Waals surface area contributed by atoms with Gasteiger partial charge in [-0.3, -0.25) is 0 Å². The minimum Gasteiger partial charge on any atom is -0.207 e. The van der Waals surface area contributed by atoms with Crippen LogP contribution in [0.4, 0.5) is 13.2 Å². The number of hydrogen-bond acceptors (Lipinski definition) is 2. The van der Waals surface area contributed by atoms with Crippen LogP contribution in [0.1, 0.15) is 26.3 Å². The maximum Gasteiger partial charge on any atom is 0.263 e. The highest BCUT2D eigenvalue weighted by Crippen LogP contribution is 2.29. The van der Waals surface area contributed by atoms with Gasteiger partial charge in [0.2, 0.25) is 10.0 Å². The number of rotatable bonds is 4. The highest BCUT2D eigenvalue weighted by Gasteiger charge is 2.45. The van der Waals surface area contributed by atoms with Crippen LogP contribution < -0.4 is 4.72 Å². The maximum atomic E-state index is 13.3. The first-order valence-electron chi connectivity index (χ1n) is 5.55. The third-order valence-corrected chi connectivity index (χ3v) is 4.73. The van der Waals surface area contributed by atoms with E-state index < -0.39 is 27.3 Å². The zero-order chi connectivity index (χ0) is 15.1. The van der Waals surface area contributed by atoms with E-state index in [0.717, 1.165) is 32.0 Å². The summed E-state index contributed by atoms with van der Waals surface area (Å²) in [6.07, 6.45) is 0. The average Bonchev–Trinajstić information content (AvgIpc) is 2.12. The molecule has 0 aliphatic rings. The molecule has 1 N–H and O–H groups in total. The summed E-state index contributed by atoms with van der Waals surface area (Å²) in [6, 6.07) is 3.06. The maximum absolute atomic E-state index is 13.3. The van der Waals surface area contributed by atoms with Crippen molar-refractivity contribution in [2.24, 2.45) is 0 Å². The summed E-state index contributed by atoms with van der Waals surface area (Å²) in [5, 5.41) is 0. The highest BCUT2D eigenvalue weighted by molar-refractivity contribution is 7.89. The lowest BCUT2D eigenvalue weighted by molar-refractivity contribution is -0.0488. The molecule has 0 atom stereocenters. The van der Waals surface area contributed by atoms with E-state index in [4.69, 9.17) is 0 Å². The summed E-state index contributed by atoms with van der Waals surface area (Å²) in [6.45, 7) is 4.20. The van der Waals surface area contributed by atoms with Crippen molar-refractivity contribution in [2.45, 2.75) is 44.1 Å². The lowest BCUT2D eigenvalue weighted by Crippen LogP contribution is -2.54. The highest BCUT2D eigenvalue weighted by atomic mass is 32.2. The number of nitrogens with one attached hydrogen (secondary N) is 1. The van der Waals surface area contributed by atoms with Gasteiger partial charge in [0, 0.05) is 6.92 Å². The van der Waals surface area contributed by atoms with E-state index in [2.05, 4.69) is 0 Å². The number of benzene rings is 1. The fourth-order valence-corrected chi connectivity index (χ4v) is 3.09. The van der Waals surface area contributed by atoms with Gasteiger partial charge in [0.15, 0.2) is 0 Å². The number of aryl methyl sites for hydroxylation is 1. The van der Waals surface area contributed by atoms with Gasteiger partial charge in [-0.15, -0.1) is 0 Å². The fourth-order valence-electron chi connectivity index (χ4n) is 1.39. The molecule has 0 radical (unpaired) electrons. The van der Waals surface area contributed by atoms with Crippen molar-refractivity contribution < 1.29 is 21.6 Å². The predicted molar refractivity (Wildman–Crippen MR) is 66.2 cm³/mol. The second-order valence-electron chi connectivity index (χ2n) is 5.03. The predicted octanol–water partition coefficient (Wildman–Crippen LogP) is 2.85. The second kappa shape index (κ2) is 4.79. The topological polar surface area (TPSA) is 46.2 Å². The van der Waals surface area contributed by atoms with Crippen LogP contribution in [0.25, 0.3) is 0 Å². The molecule has 0 aromatic heterocycles. The molecule has 1 rings (SSSR count). The molecule has 108 valence electrons. The van der Waals surface area contributed by atoms with Crippen LogP contribution in [0.2, 0.25) is 0 Å². The summed E-state index contributed by atoms with van der Waals surface area (Å²) in [4.78, 5) is -0.216. The van der Waals surface area contributed by atoms with Gasteiger partial charge < -0.3 is 0 Å². The van der Waals surface area contributed by atoms with E-state index in [9.17, 15) is 21.6 Å². The molecule has 3 nitrogen and oxygen atoms in total. The Morgan fingerprint density at radius 1 is 1.16 bits per heavy atom. The van der Waals surface area contributed by atoms with Crippen molar-refractivity contribution >= 4 is 10.0 Å². The number of alkyl halides is 2. The van der Waals surface area contributed by atoms with Crippen LogP contribution in [0.5, 0.6) is 0 Å². The summed E-state index contributed by atoms with van der Waals surface area (Å²) in [5.74, 6) is -3.83. The molecule has 0 bridgehead atoms. The largest absolute Gasteiger partial charge is 0.263 e. The smallest absolute Gasteiger partial charge is 0.207 e. The quantitative estimate of drug-likeness (QED) is 0.928. The Labute approximate surface area is 110 Å². The third-order valence-electron chi connectivity index (χ3n) is 2.91. The van der Waals surface area contributed by atoms with Crippen molar-refractivity contribution in [3.05, 3.63) is 29.6 Å². The van der Waals surface area contributed by atoms with Gasteiger partial charge >= 0.3 is 0 Å². The Kier molecular flexibility index (Phi) is 4.03. The molecule has 0 spiro atoms. The molecule has 7 heteroatoms. The van der Waals surface area contributed by atoms with Crippen molar-refractivity contribution in [3.8, 4) is 0 Å². The molecular formula is C12H16F3NO2S. The van der Waals surface area contributed by atoms with E-state index in [-0.39, 0.29) is 10.5 Å². The molecular weight excluding hydrogens is 279 g/mol. The van der Waals surface area contributed by atoms with Crippen LogP contribution in [0.3, 0.4) is 0 Å². The SMILES string of the molecule is Cc1cc(F)ccc1S(=O)(=O)NC(C)(C)C(C)(F)F. The van der Waals surface area contributed by atoms with E-state index in [1.165, 1.54) is 6.92 Å². The van der Waals surface area contributed by atoms with Gasteiger partial charge in [-0.2, -0.15) is 4.72 Å². The zero-order valence-electron chi connectivity index (χ0n) is 11.1. The molecule has 1 aromatic carbocycles. The minimum absolute atomic E-state index is 0.155. The number of hydrogen-bond donors (Lipinski definition) is 1. The Hall–Kier alpha value is -1.08. The van der Waals surface area contributed by atoms with E-state index in [1.54, 1.807) is 0 Å². The van der Waals surface area contributed by atoms with Crippen molar-refractivity contribution in [2.75, 3.05) is 0 Å². The summed E-state index contributed by atoms with van der Waals surface area (Å²) in [7, 11) is -4.15. The third kappa shape index (κ3) is 3.48. The monoisotopic (exact) mass is 295 g/mol. The lowest BCUT2D eigenvalue weighted by Gasteiger charge is -2.32. The normalized spacial score (nSPS) is 13.6. The van der Waals surface area contributed by atoms with Gasteiger partial charge in [-0.05, 0) is 44.5 Å². The molecule has 0 amide bonds. The van der Waals surface area contributed by atoms with Gasteiger partial charge in [0.05, 0.1) is 10.4 Å². The molecule has 19 heavy (non-hydrogen) atoms. The molecule has 0 saturated carbocycles. The van der Waals surface area contributed by atoms with Crippen LogP contribution in [0, 0.1) is 12.7 Å². The van der Waals surface area contributed by atoms with Gasteiger partial charge in [0.1, 0.15) is 5.82 Å². The first-order chi connectivity index (χ1) is 8.37. The summed E-state index contributed by atoms with van der Waals surface area (Å²) in [5.41, 5.74) is -1.80. The van der Waals surface area contributed by atoms with Crippen LogP contribution in [-0.2, 0) is 10.0 Å². The molecule has 0 saturated heterocycles. The molecule has 0 heterocycles. The van der Waals surface area contributed by atoms with Crippen LogP contribution >= 0.6 is 0 Å². The van der Waals surface area contributed by atoms with Crippen LogP contribution in [-0.4, -0.2) is 19.9 Å². The van der Waals surface area contributed by atoms with Crippen LogP contribution in [0.15, 0.2) is 23.1 Å². The van der Waals surface area contributed by atoms with Gasteiger partial charge in [0.25, 0.3) is 5.92 Å². The Morgan fingerprint density at radius 3 is 2.11 bits per heavy atom. The van der Waals surface area contributed by atoms with Crippen molar-refractivity contribution in [3.63, 3.8) is 0 Å². The molecule has 0 aliphatic heterocycles. The van der Waals surface area contributed by atoms with Gasteiger partial charge in [-0.1, -0.05) is 0 Å². The van der Waals surface area contributed by atoms with E-state index in [1.807, 2.05) is 4.72 Å². The zero-order valence-corrected chi connectivity index (χ0v) is 11.9. The summed E-state index contributed by atoms with van der Waals surface area (Å²) < 4.78 is 65.6.